The van der Waals surface area contributed by atoms with E-state index in [4.69, 9.17) is 0 Å². The van der Waals surface area contributed by atoms with Crippen molar-refractivity contribution in [1.82, 2.24) is 9.36 Å². The fraction of sp³-hybridized carbons (Fsp3) is 0.778. The van der Waals surface area contributed by atoms with E-state index >= 15 is 0 Å². The molecule has 0 spiro atoms. The lowest BCUT2D eigenvalue weighted by molar-refractivity contribution is 0.330. The van der Waals surface area contributed by atoms with Gasteiger partial charge in [-0.3, -0.25) is 0 Å². The predicted octanol–water partition coefficient (Wildman–Crippen LogP) is 3.00. The molecule has 0 aliphatic carbocycles. The zero-order chi connectivity index (χ0) is 9.35. The van der Waals surface area contributed by atoms with E-state index in [1.54, 1.807) is 0 Å². The molecule has 0 amide bonds. The second-order valence-electron chi connectivity index (χ2n) is 4.26. The third-order valence-electron chi connectivity index (χ3n) is 2.23. The van der Waals surface area contributed by atoms with Gasteiger partial charge >= 0.3 is 0 Å². The third kappa shape index (κ3) is 2.03. The van der Waals surface area contributed by atoms with Crippen molar-refractivity contribution in [2.24, 2.45) is 5.41 Å². The van der Waals surface area contributed by atoms with Gasteiger partial charge in [0.15, 0.2) is 0 Å². The van der Waals surface area contributed by atoms with Gasteiger partial charge < -0.3 is 0 Å². The molecule has 0 saturated heterocycles. The molecule has 1 atom stereocenters. The summed E-state index contributed by atoms with van der Waals surface area (Å²) in [6.07, 6.45) is 0. The highest BCUT2D eigenvalue weighted by Gasteiger charge is 2.24. The lowest BCUT2D eigenvalue weighted by Gasteiger charge is -2.24. The number of hydrogen-bond acceptors (Lipinski definition) is 3. The molecule has 1 aromatic rings. The van der Waals surface area contributed by atoms with Crippen molar-refractivity contribution in [2.75, 3.05) is 0 Å². The van der Waals surface area contributed by atoms with Gasteiger partial charge in [0.05, 0.1) is 0 Å². The highest BCUT2D eigenvalue weighted by molar-refractivity contribution is 7.05. The zero-order valence-electron chi connectivity index (χ0n) is 8.38. The number of aryl methyl sites for hydroxylation is 1. The van der Waals surface area contributed by atoms with Crippen molar-refractivity contribution >= 4 is 11.5 Å². The molecule has 3 heteroatoms. The topological polar surface area (TPSA) is 25.8 Å². The maximum absolute atomic E-state index is 4.38. The summed E-state index contributed by atoms with van der Waals surface area (Å²) >= 11 is 1.49. The molecule has 12 heavy (non-hydrogen) atoms. The van der Waals surface area contributed by atoms with Crippen molar-refractivity contribution in [2.45, 2.75) is 40.5 Å². The average Bonchev–Trinajstić information content (AvgIpc) is 2.32. The van der Waals surface area contributed by atoms with E-state index in [1.165, 1.54) is 11.5 Å². The Bertz CT molecular complexity index is 260. The smallest absolute Gasteiger partial charge is 0.145 e. The van der Waals surface area contributed by atoms with Gasteiger partial charge in [-0.25, -0.2) is 4.98 Å². The Morgan fingerprint density at radius 3 is 2.25 bits per heavy atom. The van der Waals surface area contributed by atoms with Gasteiger partial charge in [0.25, 0.3) is 0 Å². The van der Waals surface area contributed by atoms with Crippen molar-refractivity contribution < 1.29 is 0 Å². The largest absolute Gasteiger partial charge is 0.225 e. The normalized spacial score (nSPS) is 14.8. The molecule has 1 rings (SSSR count). The van der Waals surface area contributed by atoms with Gasteiger partial charge in [0.1, 0.15) is 10.8 Å². The van der Waals surface area contributed by atoms with Crippen LogP contribution in [0.4, 0.5) is 0 Å². The van der Waals surface area contributed by atoms with Gasteiger partial charge in [-0.05, 0) is 23.9 Å². The van der Waals surface area contributed by atoms with Gasteiger partial charge in [0.2, 0.25) is 0 Å². The van der Waals surface area contributed by atoms with Gasteiger partial charge in [-0.15, -0.1) is 0 Å². The Balaban J connectivity index is 2.85. The predicted molar refractivity (Wildman–Crippen MR) is 52.5 cm³/mol. The Labute approximate surface area is 78.2 Å². The molecular formula is C9H16N2S. The summed E-state index contributed by atoms with van der Waals surface area (Å²) in [5.41, 5.74) is 0.257. The van der Waals surface area contributed by atoms with Crippen molar-refractivity contribution in [1.29, 1.82) is 0 Å². The standard InChI is InChI=1S/C9H16N2S/c1-6(9(3,4)5)8-10-7(2)12-11-8/h6H,1-5H3. The summed E-state index contributed by atoms with van der Waals surface area (Å²) in [6.45, 7) is 10.8. The summed E-state index contributed by atoms with van der Waals surface area (Å²) in [4.78, 5) is 4.38. The highest BCUT2D eigenvalue weighted by atomic mass is 32.1. The lowest BCUT2D eigenvalue weighted by atomic mass is 9.82. The van der Waals surface area contributed by atoms with Crippen LogP contribution in [0.25, 0.3) is 0 Å². The molecular weight excluding hydrogens is 168 g/mol. The van der Waals surface area contributed by atoms with Crippen molar-refractivity contribution in [3.05, 3.63) is 10.8 Å². The van der Waals surface area contributed by atoms with Gasteiger partial charge in [-0.1, -0.05) is 27.7 Å². The number of hydrogen-bond donors (Lipinski definition) is 0. The molecule has 0 aromatic carbocycles. The first-order valence-electron chi connectivity index (χ1n) is 4.21. The highest BCUT2D eigenvalue weighted by Crippen LogP contribution is 2.32. The molecule has 0 aliphatic rings. The van der Waals surface area contributed by atoms with Crippen molar-refractivity contribution in [3.8, 4) is 0 Å². The Morgan fingerprint density at radius 1 is 1.33 bits per heavy atom. The second kappa shape index (κ2) is 3.13. The maximum atomic E-state index is 4.38. The van der Waals surface area contributed by atoms with Crippen LogP contribution in [0.2, 0.25) is 0 Å². The Morgan fingerprint density at radius 2 is 1.92 bits per heavy atom. The molecule has 1 unspecified atom stereocenters. The SMILES string of the molecule is Cc1nc(C(C)C(C)(C)C)ns1. The zero-order valence-corrected chi connectivity index (χ0v) is 9.20. The molecule has 0 N–H and O–H groups in total. The summed E-state index contributed by atoms with van der Waals surface area (Å²) in [6, 6.07) is 0. The van der Waals surface area contributed by atoms with E-state index in [9.17, 15) is 0 Å². The van der Waals surface area contributed by atoms with Crippen LogP contribution in [-0.4, -0.2) is 9.36 Å². The first-order valence-corrected chi connectivity index (χ1v) is 4.99. The first-order chi connectivity index (χ1) is 5.41. The molecule has 0 aliphatic heterocycles. The summed E-state index contributed by atoms with van der Waals surface area (Å²) in [5, 5.41) is 1.06. The second-order valence-corrected chi connectivity index (χ2v) is 5.22. The van der Waals surface area contributed by atoms with E-state index < -0.39 is 0 Å². The van der Waals surface area contributed by atoms with Crippen LogP contribution < -0.4 is 0 Å². The lowest BCUT2D eigenvalue weighted by Crippen LogP contribution is -2.16. The molecule has 0 saturated carbocycles. The monoisotopic (exact) mass is 184 g/mol. The third-order valence-corrected chi connectivity index (χ3v) is 2.86. The van der Waals surface area contributed by atoms with Gasteiger partial charge in [0, 0.05) is 5.92 Å². The van der Waals surface area contributed by atoms with Crippen LogP contribution in [0.3, 0.4) is 0 Å². The van der Waals surface area contributed by atoms with Crippen LogP contribution in [-0.2, 0) is 0 Å². The summed E-state index contributed by atoms with van der Waals surface area (Å²) < 4.78 is 4.31. The number of nitrogens with zero attached hydrogens (tertiary/aromatic N) is 2. The molecule has 68 valence electrons. The fourth-order valence-corrected chi connectivity index (χ4v) is 1.44. The van der Waals surface area contributed by atoms with Crippen LogP contribution in [0.1, 0.15) is 44.4 Å². The van der Waals surface area contributed by atoms with E-state index in [0.717, 1.165) is 10.8 Å². The van der Waals surface area contributed by atoms with Crippen LogP contribution >= 0.6 is 11.5 Å². The van der Waals surface area contributed by atoms with E-state index in [1.807, 2.05) is 6.92 Å². The molecule has 1 heterocycles. The quantitative estimate of drug-likeness (QED) is 0.670. The average molecular weight is 184 g/mol. The minimum Gasteiger partial charge on any atom is -0.225 e. The first kappa shape index (κ1) is 9.65. The summed E-state index contributed by atoms with van der Waals surface area (Å²) in [5.74, 6) is 1.42. The van der Waals surface area contributed by atoms with Crippen LogP contribution in [0, 0.1) is 12.3 Å². The van der Waals surface area contributed by atoms with Crippen LogP contribution in [0.5, 0.6) is 0 Å². The maximum Gasteiger partial charge on any atom is 0.145 e. The minimum atomic E-state index is 0.257. The van der Waals surface area contributed by atoms with E-state index in [0.29, 0.717) is 5.92 Å². The molecule has 0 bridgehead atoms. The van der Waals surface area contributed by atoms with E-state index in [2.05, 4.69) is 37.1 Å². The van der Waals surface area contributed by atoms with Gasteiger partial charge in [-0.2, -0.15) is 4.37 Å². The van der Waals surface area contributed by atoms with E-state index in [-0.39, 0.29) is 5.41 Å². The fourth-order valence-electron chi connectivity index (χ4n) is 0.878. The Kier molecular flexibility index (Phi) is 2.52. The Hall–Kier alpha value is -0.440. The molecule has 0 fully saturated rings. The minimum absolute atomic E-state index is 0.257. The van der Waals surface area contributed by atoms with Crippen LogP contribution in [0.15, 0.2) is 0 Å². The molecule has 1 aromatic heterocycles. The summed E-state index contributed by atoms with van der Waals surface area (Å²) in [7, 11) is 0. The molecule has 2 nitrogen and oxygen atoms in total. The number of aromatic nitrogens is 2. The van der Waals surface area contributed by atoms with Crippen molar-refractivity contribution in [3.63, 3.8) is 0 Å². The number of rotatable bonds is 1. The molecule has 0 radical (unpaired) electrons.